The van der Waals surface area contributed by atoms with Gasteiger partial charge in [-0.3, -0.25) is 4.90 Å². The molecule has 0 aliphatic rings. The lowest BCUT2D eigenvalue weighted by atomic mass is 10.1. The standard InChI is InChI=1S/C14H21F2NO3S/c1-9(10(2)21(4,19)20)17(3)8-14(18)12-6-5-11(15)7-13(12)16/h5-7,9-10,14,18H,8H2,1-4H3. The Hall–Kier alpha value is -1.05. The highest BCUT2D eigenvalue weighted by molar-refractivity contribution is 7.91. The Balaban J connectivity index is 2.80. The van der Waals surface area contributed by atoms with Crippen LogP contribution in [0.15, 0.2) is 18.2 Å². The third kappa shape index (κ3) is 4.72. The highest BCUT2D eigenvalue weighted by atomic mass is 32.2. The van der Waals surface area contributed by atoms with Crippen molar-refractivity contribution in [2.45, 2.75) is 31.2 Å². The summed E-state index contributed by atoms with van der Waals surface area (Å²) in [6, 6.07) is 2.62. The fourth-order valence-corrected chi connectivity index (χ4v) is 2.95. The molecule has 0 amide bonds. The first-order chi connectivity index (χ1) is 9.54. The third-order valence-corrected chi connectivity index (χ3v) is 5.58. The van der Waals surface area contributed by atoms with Gasteiger partial charge in [-0.1, -0.05) is 6.07 Å². The highest BCUT2D eigenvalue weighted by Gasteiger charge is 2.27. The summed E-state index contributed by atoms with van der Waals surface area (Å²) in [4.78, 5) is 1.64. The van der Waals surface area contributed by atoms with E-state index in [-0.39, 0.29) is 18.2 Å². The molecule has 7 heteroatoms. The van der Waals surface area contributed by atoms with Crippen LogP contribution in [0.3, 0.4) is 0 Å². The van der Waals surface area contributed by atoms with E-state index in [2.05, 4.69) is 0 Å². The Kier molecular flexibility index (Phi) is 5.83. The van der Waals surface area contributed by atoms with Gasteiger partial charge in [0.1, 0.15) is 11.6 Å². The molecule has 3 atom stereocenters. The number of aliphatic hydroxyl groups excluding tert-OH is 1. The molecule has 1 aromatic carbocycles. The quantitative estimate of drug-likeness (QED) is 0.867. The monoisotopic (exact) mass is 321 g/mol. The van der Waals surface area contributed by atoms with Crippen molar-refractivity contribution in [2.24, 2.45) is 0 Å². The number of rotatable bonds is 6. The summed E-state index contributed by atoms with van der Waals surface area (Å²) in [7, 11) is -1.56. The second kappa shape index (κ2) is 6.81. The van der Waals surface area contributed by atoms with Crippen molar-refractivity contribution in [1.29, 1.82) is 0 Å². The predicted molar refractivity (Wildman–Crippen MR) is 77.7 cm³/mol. The van der Waals surface area contributed by atoms with Gasteiger partial charge in [-0.25, -0.2) is 17.2 Å². The molecule has 1 N–H and O–H groups in total. The number of benzene rings is 1. The maximum Gasteiger partial charge on any atom is 0.151 e. The number of aliphatic hydroxyl groups is 1. The molecule has 21 heavy (non-hydrogen) atoms. The second-order valence-corrected chi connectivity index (χ2v) is 7.80. The van der Waals surface area contributed by atoms with Crippen LogP contribution >= 0.6 is 0 Å². The molecule has 0 aliphatic heterocycles. The Labute approximate surface area is 124 Å². The van der Waals surface area contributed by atoms with Crippen LogP contribution in [0.1, 0.15) is 25.5 Å². The van der Waals surface area contributed by atoms with E-state index in [9.17, 15) is 22.3 Å². The number of likely N-dealkylation sites (N-methyl/N-ethyl adjacent to an activating group) is 1. The van der Waals surface area contributed by atoms with Crippen LogP contribution in [0.2, 0.25) is 0 Å². The summed E-state index contributed by atoms with van der Waals surface area (Å²) in [5.74, 6) is -1.53. The molecule has 0 saturated carbocycles. The van der Waals surface area contributed by atoms with E-state index in [1.165, 1.54) is 6.07 Å². The van der Waals surface area contributed by atoms with Crippen molar-refractivity contribution in [1.82, 2.24) is 4.90 Å². The van der Waals surface area contributed by atoms with Crippen LogP contribution < -0.4 is 0 Å². The van der Waals surface area contributed by atoms with Gasteiger partial charge in [0.2, 0.25) is 0 Å². The van der Waals surface area contributed by atoms with Crippen molar-refractivity contribution >= 4 is 9.84 Å². The molecule has 0 saturated heterocycles. The van der Waals surface area contributed by atoms with E-state index >= 15 is 0 Å². The van der Waals surface area contributed by atoms with E-state index in [1.807, 2.05) is 0 Å². The highest BCUT2D eigenvalue weighted by Crippen LogP contribution is 2.20. The van der Waals surface area contributed by atoms with Crippen molar-refractivity contribution in [3.05, 3.63) is 35.4 Å². The molecule has 0 fully saturated rings. The molecule has 0 heterocycles. The van der Waals surface area contributed by atoms with Gasteiger partial charge in [0.25, 0.3) is 0 Å². The molecule has 0 radical (unpaired) electrons. The smallest absolute Gasteiger partial charge is 0.151 e. The Morgan fingerprint density at radius 1 is 1.29 bits per heavy atom. The topological polar surface area (TPSA) is 57.6 Å². The van der Waals surface area contributed by atoms with Crippen molar-refractivity contribution in [3.8, 4) is 0 Å². The number of nitrogens with zero attached hydrogens (tertiary/aromatic N) is 1. The van der Waals surface area contributed by atoms with Crippen LogP contribution in [0.4, 0.5) is 8.78 Å². The minimum atomic E-state index is -3.21. The first kappa shape index (κ1) is 18.0. The zero-order valence-electron chi connectivity index (χ0n) is 12.5. The number of sulfone groups is 1. The third-order valence-electron chi connectivity index (χ3n) is 3.83. The molecule has 1 rings (SSSR count). The van der Waals surface area contributed by atoms with Gasteiger partial charge in [-0.2, -0.15) is 0 Å². The van der Waals surface area contributed by atoms with Gasteiger partial charge in [-0.05, 0) is 27.0 Å². The number of hydrogen-bond acceptors (Lipinski definition) is 4. The Morgan fingerprint density at radius 3 is 2.33 bits per heavy atom. The van der Waals surface area contributed by atoms with E-state index < -0.39 is 32.8 Å². The molecule has 3 unspecified atom stereocenters. The summed E-state index contributed by atoms with van der Waals surface area (Å²) >= 11 is 0. The molecule has 0 spiro atoms. The van der Waals surface area contributed by atoms with Crippen molar-refractivity contribution in [2.75, 3.05) is 19.8 Å². The maximum absolute atomic E-state index is 13.6. The molecule has 0 aromatic heterocycles. The van der Waals surface area contributed by atoms with Crippen molar-refractivity contribution < 1.29 is 22.3 Å². The van der Waals surface area contributed by atoms with Crippen LogP contribution in [0.5, 0.6) is 0 Å². The summed E-state index contributed by atoms with van der Waals surface area (Å²) in [5.41, 5.74) is -0.0116. The minimum absolute atomic E-state index is 0.0116. The van der Waals surface area contributed by atoms with E-state index in [0.717, 1.165) is 12.3 Å². The molecule has 1 aromatic rings. The Bertz CT molecular complexity index is 592. The minimum Gasteiger partial charge on any atom is -0.387 e. The fraction of sp³-hybridized carbons (Fsp3) is 0.571. The van der Waals surface area contributed by atoms with E-state index in [4.69, 9.17) is 0 Å². The van der Waals surface area contributed by atoms with Gasteiger partial charge in [-0.15, -0.1) is 0 Å². The normalized spacial score (nSPS) is 16.8. The first-order valence-corrected chi connectivity index (χ1v) is 8.51. The molecular weight excluding hydrogens is 300 g/mol. The summed E-state index contributed by atoms with van der Waals surface area (Å²) in [5, 5.41) is 9.42. The molecule has 120 valence electrons. The average molecular weight is 321 g/mol. The average Bonchev–Trinajstić information content (AvgIpc) is 2.35. The van der Waals surface area contributed by atoms with Gasteiger partial charge >= 0.3 is 0 Å². The SMILES string of the molecule is CC(C(C)S(C)(=O)=O)N(C)CC(O)c1ccc(F)cc1F. The molecule has 0 aliphatic carbocycles. The van der Waals surface area contributed by atoms with Crippen LogP contribution in [0, 0.1) is 11.6 Å². The first-order valence-electron chi connectivity index (χ1n) is 6.56. The van der Waals surface area contributed by atoms with Crippen LogP contribution in [-0.4, -0.2) is 49.6 Å². The van der Waals surface area contributed by atoms with Gasteiger partial charge < -0.3 is 5.11 Å². The lowest BCUT2D eigenvalue weighted by Gasteiger charge is -2.30. The Morgan fingerprint density at radius 2 is 1.86 bits per heavy atom. The second-order valence-electron chi connectivity index (χ2n) is 5.40. The van der Waals surface area contributed by atoms with Crippen LogP contribution in [0.25, 0.3) is 0 Å². The number of halogens is 2. The summed E-state index contributed by atoms with van der Waals surface area (Å²) < 4.78 is 49.5. The zero-order chi connectivity index (χ0) is 16.4. The summed E-state index contributed by atoms with van der Waals surface area (Å²) in [6.07, 6.45) is -0.0113. The molecule has 0 bridgehead atoms. The predicted octanol–water partition coefficient (Wildman–Crippen LogP) is 1.75. The lowest BCUT2D eigenvalue weighted by Crippen LogP contribution is -2.43. The van der Waals surface area contributed by atoms with Crippen molar-refractivity contribution in [3.63, 3.8) is 0 Å². The van der Waals surface area contributed by atoms with Gasteiger partial charge in [0.15, 0.2) is 9.84 Å². The molecule has 4 nitrogen and oxygen atoms in total. The maximum atomic E-state index is 13.6. The van der Waals surface area contributed by atoms with E-state index in [0.29, 0.717) is 6.07 Å². The largest absolute Gasteiger partial charge is 0.387 e. The molecular formula is C14H21F2NO3S. The fourth-order valence-electron chi connectivity index (χ4n) is 2.03. The van der Waals surface area contributed by atoms with Gasteiger partial charge in [0.05, 0.1) is 11.4 Å². The number of hydrogen-bond donors (Lipinski definition) is 1. The van der Waals surface area contributed by atoms with E-state index in [1.54, 1.807) is 25.8 Å². The lowest BCUT2D eigenvalue weighted by molar-refractivity contribution is 0.105. The van der Waals surface area contributed by atoms with Gasteiger partial charge in [0, 0.05) is 30.5 Å². The van der Waals surface area contributed by atoms with Crippen LogP contribution in [-0.2, 0) is 9.84 Å². The zero-order valence-corrected chi connectivity index (χ0v) is 13.4. The summed E-state index contributed by atoms with van der Waals surface area (Å²) in [6.45, 7) is 3.35.